The van der Waals surface area contributed by atoms with E-state index in [1.807, 2.05) is 0 Å². The van der Waals surface area contributed by atoms with Crippen molar-refractivity contribution in [2.75, 3.05) is 0 Å². The van der Waals surface area contributed by atoms with Gasteiger partial charge in [0.2, 0.25) is 0 Å². The number of aromatic hydroxyl groups is 1. The molecule has 1 aromatic carbocycles. The molecular formula is C10H12ClF4NO. The fourth-order valence-corrected chi connectivity index (χ4v) is 1.24. The Morgan fingerprint density at radius 2 is 1.88 bits per heavy atom. The van der Waals surface area contributed by atoms with Crippen molar-refractivity contribution in [3.8, 4) is 5.75 Å². The maximum absolute atomic E-state index is 12.9. The minimum atomic E-state index is -4.27. The molecule has 98 valence electrons. The molecule has 17 heavy (non-hydrogen) atoms. The van der Waals surface area contributed by atoms with E-state index in [-0.39, 0.29) is 24.4 Å². The molecule has 1 atom stereocenters. The number of alkyl halides is 3. The van der Waals surface area contributed by atoms with Crippen LogP contribution in [0.1, 0.15) is 24.4 Å². The highest BCUT2D eigenvalue weighted by Gasteiger charge is 2.27. The van der Waals surface area contributed by atoms with E-state index in [1.165, 1.54) is 6.07 Å². The van der Waals surface area contributed by atoms with E-state index in [0.29, 0.717) is 0 Å². The van der Waals surface area contributed by atoms with Gasteiger partial charge in [0.05, 0.1) is 0 Å². The molecule has 0 aliphatic carbocycles. The van der Waals surface area contributed by atoms with Gasteiger partial charge < -0.3 is 10.8 Å². The summed E-state index contributed by atoms with van der Waals surface area (Å²) in [5, 5.41) is 8.89. The van der Waals surface area contributed by atoms with Gasteiger partial charge in [-0.2, -0.15) is 13.2 Å². The van der Waals surface area contributed by atoms with Gasteiger partial charge in [-0.3, -0.25) is 0 Å². The molecule has 1 aromatic rings. The first-order chi connectivity index (χ1) is 7.29. The minimum Gasteiger partial charge on any atom is -0.505 e. The quantitative estimate of drug-likeness (QED) is 0.830. The summed E-state index contributed by atoms with van der Waals surface area (Å²) in [6.07, 6.45) is -5.60. The predicted molar refractivity (Wildman–Crippen MR) is 57.5 cm³/mol. The molecular weight excluding hydrogens is 262 g/mol. The minimum absolute atomic E-state index is 0. The van der Waals surface area contributed by atoms with Gasteiger partial charge >= 0.3 is 6.18 Å². The Balaban J connectivity index is 0.00000256. The third kappa shape index (κ3) is 5.23. The monoisotopic (exact) mass is 273 g/mol. The third-order valence-corrected chi connectivity index (χ3v) is 2.14. The molecule has 0 saturated heterocycles. The SMILES string of the molecule is Cl.N[C@H](CCC(F)(F)F)c1ccc(O)c(F)c1. The van der Waals surface area contributed by atoms with Crippen LogP contribution in [0.3, 0.4) is 0 Å². The zero-order chi connectivity index (χ0) is 12.3. The second-order valence-electron chi connectivity index (χ2n) is 3.47. The normalized spacial score (nSPS) is 13.0. The van der Waals surface area contributed by atoms with Crippen LogP contribution in [-0.2, 0) is 0 Å². The summed E-state index contributed by atoms with van der Waals surface area (Å²) >= 11 is 0. The lowest BCUT2D eigenvalue weighted by Crippen LogP contribution is -2.15. The Morgan fingerprint density at radius 1 is 1.29 bits per heavy atom. The zero-order valence-corrected chi connectivity index (χ0v) is 9.48. The molecule has 0 unspecified atom stereocenters. The Bertz CT molecular complexity index is 370. The molecule has 2 nitrogen and oxygen atoms in total. The average Bonchev–Trinajstić information content (AvgIpc) is 2.17. The smallest absolute Gasteiger partial charge is 0.389 e. The van der Waals surface area contributed by atoms with Gasteiger partial charge in [-0.15, -0.1) is 12.4 Å². The van der Waals surface area contributed by atoms with Crippen molar-refractivity contribution in [2.24, 2.45) is 5.73 Å². The summed E-state index contributed by atoms with van der Waals surface area (Å²) in [5.41, 5.74) is 5.71. The molecule has 7 heteroatoms. The van der Waals surface area contributed by atoms with Crippen molar-refractivity contribution in [3.05, 3.63) is 29.6 Å². The molecule has 0 fully saturated rings. The fraction of sp³-hybridized carbons (Fsp3) is 0.400. The second-order valence-corrected chi connectivity index (χ2v) is 3.47. The molecule has 0 radical (unpaired) electrons. The maximum Gasteiger partial charge on any atom is 0.389 e. The van der Waals surface area contributed by atoms with E-state index in [1.54, 1.807) is 0 Å². The number of rotatable bonds is 3. The Morgan fingerprint density at radius 3 is 2.35 bits per heavy atom. The fourth-order valence-electron chi connectivity index (χ4n) is 1.24. The number of phenols is 1. The number of nitrogens with two attached hydrogens (primary N) is 1. The molecule has 0 aliphatic heterocycles. The van der Waals surface area contributed by atoms with Gasteiger partial charge in [-0.25, -0.2) is 4.39 Å². The molecule has 0 aliphatic rings. The average molecular weight is 274 g/mol. The van der Waals surface area contributed by atoms with Crippen molar-refractivity contribution in [2.45, 2.75) is 25.1 Å². The zero-order valence-electron chi connectivity index (χ0n) is 8.67. The van der Waals surface area contributed by atoms with Crippen LogP contribution in [0.5, 0.6) is 5.75 Å². The Kier molecular flexibility index (Phi) is 5.71. The van der Waals surface area contributed by atoms with Crippen LogP contribution in [0, 0.1) is 5.82 Å². The van der Waals surface area contributed by atoms with E-state index in [0.717, 1.165) is 12.1 Å². The first-order valence-electron chi connectivity index (χ1n) is 4.60. The Hall–Kier alpha value is -1.01. The van der Waals surface area contributed by atoms with Crippen molar-refractivity contribution in [1.29, 1.82) is 0 Å². The highest BCUT2D eigenvalue weighted by atomic mass is 35.5. The van der Waals surface area contributed by atoms with Crippen LogP contribution in [0.15, 0.2) is 18.2 Å². The lowest BCUT2D eigenvalue weighted by atomic mass is 10.0. The standard InChI is InChI=1S/C10H11F4NO.ClH/c11-7-5-6(1-2-9(7)16)8(15)3-4-10(12,13)14;/h1-2,5,8,16H,3-4,15H2;1H/t8-;/m1./s1. The van der Waals surface area contributed by atoms with Crippen LogP contribution in [-0.4, -0.2) is 11.3 Å². The molecule has 0 saturated carbocycles. The number of halogens is 5. The predicted octanol–water partition coefficient (Wildman–Crippen LogP) is 3.30. The van der Waals surface area contributed by atoms with Gasteiger partial charge in [-0.1, -0.05) is 6.07 Å². The second kappa shape index (κ2) is 6.07. The van der Waals surface area contributed by atoms with Gasteiger partial charge in [0.15, 0.2) is 11.6 Å². The summed E-state index contributed by atoms with van der Waals surface area (Å²) in [6, 6.07) is 2.42. The van der Waals surface area contributed by atoms with Gasteiger partial charge in [0.1, 0.15) is 0 Å². The highest BCUT2D eigenvalue weighted by molar-refractivity contribution is 5.85. The van der Waals surface area contributed by atoms with Crippen molar-refractivity contribution in [3.63, 3.8) is 0 Å². The van der Waals surface area contributed by atoms with E-state index in [9.17, 15) is 17.6 Å². The molecule has 0 bridgehead atoms. The molecule has 0 aromatic heterocycles. The summed E-state index contributed by atoms with van der Waals surface area (Å²) in [5.74, 6) is -1.44. The lowest BCUT2D eigenvalue weighted by molar-refractivity contribution is -0.136. The Labute approximate surface area is 102 Å². The third-order valence-electron chi connectivity index (χ3n) is 2.14. The maximum atomic E-state index is 12.9. The summed E-state index contributed by atoms with van der Waals surface area (Å²) in [7, 11) is 0. The van der Waals surface area contributed by atoms with E-state index in [4.69, 9.17) is 10.8 Å². The lowest BCUT2D eigenvalue weighted by Gasteiger charge is -2.13. The number of benzene rings is 1. The number of hydrogen-bond donors (Lipinski definition) is 2. The van der Waals surface area contributed by atoms with Crippen LogP contribution in [0.25, 0.3) is 0 Å². The molecule has 0 heterocycles. The summed E-state index contributed by atoms with van der Waals surface area (Å²) < 4.78 is 48.6. The van der Waals surface area contributed by atoms with Gasteiger partial charge in [-0.05, 0) is 24.1 Å². The molecule has 0 spiro atoms. The van der Waals surface area contributed by atoms with Crippen LogP contribution < -0.4 is 5.73 Å². The number of hydrogen-bond acceptors (Lipinski definition) is 2. The number of phenolic OH excluding ortho intramolecular Hbond substituents is 1. The van der Waals surface area contributed by atoms with Crippen LogP contribution in [0.2, 0.25) is 0 Å². The molecule has 1 rings (SSSR count). The van der Waals surface area contributed by atoms with Crippen LogP contribution in [0.4, 0.5) is 17.6 Å². The topological polar surface area (TPSA) is 46.2 Å². The van der Waals surface area contributed by atoms with E-state index in [2.05, 4.69) is 0 Å². The van der Waals surface area contributed by atoms with Crippen molar-refractivity contribution < 1.29 is 22.7 Å². The molecule has 0 amide bonds. The van der Waals surface area contributed by atoms with Crippen LogP contribution >= 0.6 is 12.4 Å². The van der Waals surface area contributed by atoms with Crippen molar-refractivity contribution in [1.82, 2.24) is 0 Å². The summed E-state index contributed by atoms with van der Waals surface area (Å²) in [4.78, 5) is 0. The first kappa shape index (κ1) is 16.0. The highest BCUT2D eigenvalue weighted by Crippen LogP contribution is 2.27. The first-order valence-corrected chi connectivity index (χ1v) is 4.60. The van der Waals surface area contributed by atoms with E-state index < -0.39 is 30.2 Å². The largest absolute Gasteiger partial charge is 0.505 e. The summed E-state index contributed by atoms with van der Waals surface area (Å²) in [6.45, 7) is 0. The molecule has 3 N–H and O–H groups in total. The van der Waals surface area contributed by atoms with Crippen molar-refractivity contribution >= 4 is 12.4 Å². The van der Waals surface area contributed by atoms with Gasteiger partial charge in [0, 0.05) is 12.5 Å². The van der Waals surface area contributed by atoms with E-state index >= 15 is 0 Å². The van der Waals surface area contributed by atoms with Gasteiger partial charge in [0.25, 0.3) is 0 Å².